The molecule has 0 aliphatic rings. The molecule has 1 heterocycles. The molecule has 0 saturated carbocycles. The third-order valence-electron chi connectivity index (χ3n) is 2.55. The zero-order valence-electron chi connectivity index (χ0n) is 10.5. The van der Waals surface area contributed by atoms with Crippen molar-refractivity contribution < 1.29 is 4.79 Å². The number of carbonyl (C=O) groups is 1. The molecule has 0 atom stereocenters. The van der Waals surface area contributed by atoms with Crippen molar-refractivity contribution in [2.45, 2.75) is 20.4 Å². The molecule has 3 N–H and O–H groups in total. The number of amides is 1. The molecule has 0 saturated heterocycles. The molecule has 5 nitrogen and oxygen atoms in total. The minimum Gasteiger partial charge on any atom is -0.397 e. The van der Waals surface area contributed by atoms with E-state index >= 15 is 0 Å². The first-order valence-electron chi connectivity index (χ1n) is 5.69. The molecule has 0 radical (unpaired) electrons. The Hall–Kier alpha value is -2.30. The molecule has 18 heavy (non-hydrogen) atoms. The second-order valence-electron chi connectivity index (χ2n) is 4.35. The van der Waals surface area contributed by atoms with Crippen LogP contribution >= 0.6 is 0 Å². The van der Waals surface area contributed by atoms with Gasteiger partial charge in [0, 0.05) is 6.20 Å². The van der Waals surface area contributed by atoms with E-state index in [2.05, 4.69) is 10.4 Å². The number of aromatic nitrogens is 2. The van der Waals surface area contributed by atoms with Gasteiger partial charge in [-0.3, -0.25) is 9.48 Å². The minimum atomic E-state index is -0.145. The van der Waals surface area contributed by atoms with E-state index in [1.807, 2.05) is 32.2 Å². The predicted molar refractivity (Wildman–Crippen MR) is 71.2 cm³/mol. The lowest BCUT2D eigenvalue weighted by Crippen LogP contribution is -2.19. The topological polar surface area (TPSA) is 72.9 Å². The first-order chi connectivity index (χ1) is 8.54. The average Bonchev–Trinajstić information content (AvgIpc) is 2.68. The number of hydrogen-bond acceptors (Lipinski definition) is 3. The van der Waals surface area contributed by atoms with Gasteiger partial charge in [0.15, 0.2) is 0 Å². The molecule has 0 aliphatic carbocycles. The van der Waals surface area contributed by atoms with Crippen LogP contribution in [0.3, 0.4) is 0 Å². The molecule has 5 heteroatoms. The molecule has 0 bridgehead atoms. The summed E-state index contributed by atoms with van der Waals surface area (Å²) in [4.78, 5) is 11.8. The molecular formula is C13H16N4O. The summed E-state index contributed by atoms with van der Waals surface area (Å²) >= 11 is 0. The van der Waals surface area contributed by atoms with Crippen LogP contribution in [0.25, 0.3) is 0 Å². The van der Waals surface area contributed by atoms with Crippen molar-refractivity contribution in [2.24, 2.45) is 0 Å². The largest absolute Gasteiger partial charge is 0.397 e. The fraction of sp³-hybridized carbons (Fsp3) is 0.231. The van der Waals surface area contributed by atoms with Gasteiger partial charge in [-0.1, -0.05) is 6.07 Å². The third kappa shape index (κ3) is 2.88. The van der Waals surface area contributed by atoms with Gasteiger partial charge >= 0.3 is 0 Å². The number of hydrogen-bond donors (Lipinski definition) is 2. The van der Waals surface area contributed by atoms with Crippen LogP contribution in [0, 0.1) is 13.8 Å². The predicted octanol–water partition coefficient (Wildman–Crippen LogP) is 1.72. The molecule has 0 fully saturated rings. The highest BCUT2D eigenvalue weighted by atomic mass is 16.2. The fourth-order valence-corrected chi connectivity index (χ4v) is 1.69. The molecule has 1 aromatic carbocycles. The Morgan fingerprint density at radius 2 is 2.17 bits per heavy atom. The Morgan fingerprint density at radius 1 is 1.39 bits per heavy atom. The van der Waals surface area contributed by atoms with Crippen LogP contribution in [0.2, 0.25) is 0 Å². The van der Waals surface area contributed by atoms with Gasteiger partial charge in [-0.15, -0.1) is 0 Å². The van der Waals surface area contributed by atoms with Crippen molar-refractivity contribution in [1.29, 1.82) is 0 Å². The van der Waals surface area contributed by atoms with E-state index in [0.29, 0.717) is 11.4 Å². The zero-order valence-corrected chi connectivity index (χ0v) is 10.5. The number of rotatable bonds is 3. The van der Waals surface area contributed by atoms with Crippen LogP contribution < -0.4 is 11.1 Å². The maximum atomic E-state index is 11.8. The molecule has 1 amide bonds. The zero-order chi connectivity index (χ0) is 13.1. The highest BCUT2D eigenvalue weighted by molar-refractivity contribution is 5.93. The van der Waals surface area contributed by atoms with E-state index in [9.17, 15) is 4.79 Å². The van der Waals surface area contributed by atoms with Crippen molar-refractivity contribution >= 4 is 17.3 Å². The van der Waals surface area contributed by atoms with Gasteiger partial charge < -0.3 is 11.1 Å². The van der Waals surface area contributed by atoms with Gasteiger partial charge in [0.2, 0.25) is 5.91 Å². The minimum absolute atomic E-state index is 0.145. The Morgan fingerprint density at radius 3 is 2.78 bits per heavy atom. The van der Waals surface area contributed by atoms with Gasteiger partial charge in [-0.2, -0.15) is 5.10 Å². The van der Waals surface area contributed by atoms with Crippen LogP contribution in [0.1, 0.15) is 11.1 Å². The van der Waals surface area contributed by atoms with Crippen molar-refractivity contribution in [3.63, 3.8) is 0 Å². The summed E-state index contributed by atoms with van der Waals surface area (Å²) in [6, 6.07) is 5.54. The lowest BCUT2D eigenvalue weighted by Gasteiger charge is -2.08. The number of nitrogen functional groups attached to an aromatic ring is 1. The number of anilines is 2. The second-order valence-corrected chi connectivity index (χ2v) is 4.35. The molecule has 94 valence electrons. The SMILES string of the molecule is Cc1ccc(NC(=O)Cn2cc(C)cn2)c(N)c1. The standard InChI is InChI=1S/C13H16N4O/c1-9-3-4-12(11(14)5-9)16-13(18)8-17-7-10(2)6-15-17/h3-7H,8,14H2,1-2H3,(H,16,18). The van der Waals surface area contributed by atoms with E-state index in [1.54, 1.807) is 16.9 Å². The van der Waals surface area contributed by atoms with Crippen molar-refractivity contribution in [2.75, 3.05) is 11.1 Å². The highest BCUT2D eigenvalue weighted by Crippen LogP contribution is 2.19. The molecule has 0 unspecified atom stereocenters. The quantitative estimate of drug-likeness (QED) is 0.807. The summed E-state index contributed by atoms with van der Waals surface area (Å²) in [5.41, 5.74) is 9.12. The summed E-state index contributed by atoms with van der Waals surface area (Å²) in [5.74, 6) is -0.145. The smallest absolute Gasteiger partial charge is 0.246 e. The average molecular weight is 244 g/mol. The van der Waals surface area contributed by atoms with Gasteiger partial charge in [-0.05, 0) is 37.1 Å². The number of carbonyl (C=O) groups excluding carboxylic acids is 1. The normalized spacial score (nSPS) is 10.3. The van der Waals surface area contributed by atoms with E-state index in [1.165, 1.54) is 0 Å². The van der Waals surface area contributed by atoms with Crippen molar-refractivity contribution in [1.82, 2.24) is 9.78 Å². The van der Waals surface area contributed by atoms with Crippen LogP contribution in [-0.2, 0) is 11.3 Å². The van der Waals surface area contributed by atoms with E-state index in [0.717, 1.165) is 11.1 Å². The van der Waals surface area contributed by atoms with Gasteiger partial charge in [-0.25, -0.2) is 0 Å². The van der Waals surface area contributed by atoms with Gasteiger partial charge in [0.1, 0.15) is 6.54 Å². The number of benzene rings is 1. The third-order valence-corrected chi connectivity index (χ3v) is 2.55. The van der Waals surface area contributed by atoms with Crippen molar-refractivity contribution in [3.05, 3.63) is 41.7 Å². The van der Waals surface area contributed by atoms with Gasteiger partial charge in [0.05, 0.1) is 17.6 Å². The number of aryl methyl sites for hydroxylation is 2. The molecule has 0 aliphatic heterocycles. The molecular weight excluding hydrogens is 228 g/mol. The Kier molecular flexibility index (Phi) is 3.32. The van der Waals surface area contributed by atoms with Crippen LogP contribution in [0.4, 0.5) is 11.4 Å². The van der Waals surface area contributed by atoms with Gasteiger partial charge in [0.25, 0.3) is 0 Å². The van der Waals surface area contributed by atoms with E-state index < -0.39 is 0 Å². The monoisotopic (exact) mass is 244 g/mol. The van der Waals surface area contributed by atoms with Crippen LogP contribution in [0.5, 0.6) is 0 Å². The summed E-state index contributed by atoms with van der Waals surface area (Å²) in [6.45, 7) is 4.06. The lowest BCUT2D eigenvalue weighted by atomic mass is 10.2. The Balaban J connectivity index is 2.03. The summed E-state index contributed by atoms with van der Waals surface area (Å²) in [7, 11) is 0. The number of nitrogens with one attached hydrogen (secondary N) is 1. The highest BCUT2D eigenvalue weighted by Gasteiger charge is 2.06. The maximum Gasteiger partial charge on any atom is 0.246 e. The van der Waals surface area contributed by atoms with E-state index in [-0.39, 0.29) is 12.5 Å². The maximum absolute atomic E-state index is 11.8. The summed E-state index contributed by atoms with van der Waals surface area (Å²) < 4.78 is 1.59. The first-order valence-corrected chi connectivity index (χ1v) is 5.69. The Bertz CT molecular complexity index is 574. The molecule has 2 aromatic rings. The van der Waals surface area contributed by atoms with E-state index in [4.69, 9.17) is 5.73 Å². The van der Waals surface area contributed by atoms with Crippen LogP contribution in [0.15, 0.2) is 30.6 Å². The van der Waals surface area contributed by atoms with Crippen LogP contribution in [-0.4, -0.2) is 15.7 Å². The van der Waals surface area contributed by atoms with Crippen molar-refractivity contribution in [3.8, 4) is 0 Å². The molecule has 0 spiro atoms. The molecule has 2 rings (SSSR count). The lowest BCUT2D eigenvalue weighted by molar-refractivity contribution is -0.116. The molecule has 1 aromatic heterocycles. The fourth-order valence-electron chi connectivity index (χ4n) is 1.69. The summed E-state index contributed by atoms with van der Waals surface area (Å²) in [6.07, 6.45) is 3.53. The Labute approximate surface area is 106 Å². The second kappa shape index (κ2) is 4.91. The summed E-state index contributed by atoms with van der Waals surface area (Å²) in [5, 5.41) is 6.83. The first kappa shape index (κ1) is 12.2. The number of nitrogens with two attached hydrogens (primary N) is 1. The number of nitrogens with zero attached hydrogens (tertiary/aromatic N) is 2.